The van der Waals surface area contributed by atoms with Crippen molar-refractivity contribution in [3.8, 4) is 0 Å². The molecule has 0 saturated carbocycles. The summed E-state index contributed by atoms with van der Waals surface area (Å²) in [6.45, 7) is 2.79. The maximum absolute atomic E-state index is 11.7. The van der Waals surface area contributed by atoms with E-state index in [0.29, 0.717) is 12.1 Å². The molecule has 0 unspecified atom stereocenters. The third-order valence-corrected chi connectivity index (χ3v) is 2.48. The van der Waals surface area contributed by atoms with Crippen LogP contribution in [0.3, 0.4) is 0 Å². The van der Waals surface area contributed by atoms with Gasteiger partial charge in [-0.2, -0.15) is 0 Å². The molecule has 1 N–H and O–H groups in total. The monoisotopic (exact) mass is 260 g/mol. The van der Waals surface area contributed by atoms with Gasteiger partial charge in [-0.15, -0.1) is 0 Å². The molecule has 1 aromatic heterocycles. The fraction of sp³-hybridized carbons (Fsp3) is 0.455. The predicted octanol–water partition coefficient (Wildman–Crippen LogP) is 3.31. The minimum atomic E-state index is -0.165. The van der Waals surface area contributed by atoms with Crippen LogP contribution in [0.5, 0.6) is 0 Å². The average Bonchev–Trinajstić information content (AvgIpc) is 2.22. The van der Waals surface area contributed by atoms with Gasteiger partial charge in [0, 0.05) is 12.1 Å². The molecule has 0 spiro atoms. The van der Waals surface area contributed by atoms with Crippen molar-refractivity contribution in [2.45, 2.75) is 26.2 Å². The summed E-state index contributed by atoms with van der Waals surface area (Å²) in [6.07, 6.45) is 3.22. The molecule has 0 aliphatic carbocycles. The Hall–Kier alpha value is -0.800. The number of nitrogens with one attached hydrogen (secondary N) is 1. The molecule has 5 heteroatoms. The molecule has 3 nitrogen and oxygen atoms in total. The molecule has 0 bridgehead atoms. The molecule has 1 aromatic rings. The molecule has 16 heavy (non-hydrogen) atoms. The van der Waals surface area contributed by atoms with Crippen molar-refractivity contribution in [1.82, 2.24) is 10.3 Å². The van der Waals surface area contributed by atoms with Crippen LogP contribution in [0.2, 0.25) is 10.3 Å². The number of hydrogen-bond acceptors (Lipinski definition) is 2. The van der Waals surface area contributed by atoms with Gasteiger partial charge in [0.05, 0.1) is 0 Å². The zero-order chi connectivity index (χ0) is 12.0. The Bertz CT molecular complexity index is 349. The number of amides is 1. The van der Waals surface area contributed by atoms with E-state index >= 15 is 0 Å². The van der Waals surface area contributed by atoms with Crippen LogP contribution in [0.25, 0.3) is 0 Å². The second-order valence-electron chi connectivity index (χ2n) is 3.46. The minimum absolute atomic E-state index is 0.165. The zero-order valence-corrected chi connectivity index (χ0v) is 10.6. The zero-order valence-electron chi connectivity index (χ0n) is 9.09. The summed E-state index contributed by atoms with van der Waals surface area (Å²) in [5.74, 6) is -0.165. The van der Waals surface area contributed by atoms with Gasteiger partial charge in [0.1, 0.15) is 10.3 Å². The van der Waals surface area contributed by atoms with Gasteiger partial charge >= 0.3 is 0 Å². The molecule has 0 atom stereocenters. The molecule has 88 valence electrons. The summed E-state index contributed by atoms with van der Waals surface area (Å²) >= 11 is 11.4. The van der Waals surface area contributed by atoms with E-state index in [4.69, 9.17) is 23.2 Å². The standard InChI is InChI=1S/C11H14Cl2N2O/c1-2-3-4-5-14-11(16)8-6-9(12)15-10(13)7-8/h6-7H,2-5H2,1H3,(H,14,16). The first-order chi connectivity index (χ1) is 7.63. The van der Waals surface area contributed by atoms with Gasteiger partial charge in [-0.3, -0.25) is 4.79 Å². The Balaban J connectivity index is 2.52. The average molecular weight is 261 g/mol. The summed E-state index contributed by atoms with van der Waals surface area (Å²) in [5, 5.41) is 3.26. The predicted molar refractivity (Wildman–Crippen MR) is 66.1 cm³/mol. The molecule has 1 amide bonds. The van der Waals surface area contributed by atoms with E-state index in [1.165, 1.54) is 12.1 Å². The van der Waals surface area contributed by atoms with E-state index in [1.54, 1.807) is 0 Å². The first kappa shape index (κ1) is 13.3. The number of carbonyl (C=O) groups excluding carboxylic acids is 1. The Morgan fingerprint density at radius 1 is 1.31 bits per heavy atom. The van der Waals surface area contributed by atoms with Crippen molar-refractivity contribution in [2.24, 2.45) is 0 Å². The third kappa shape index (κ3) is 4.37. The molecule has 0 aliphatic rings. The summed E-state index contributed by atoms with van der Waals surface area (Å²) in [6, 6.07) is 3.01. The largest absolute Gasteiger partial charge is 0.352 e. The highest BCUT2D eigenvalue weighted by Gasteiger charge is 2.07. The maximum atomic E-state index is 11.7. The lowest BCUT2D eigenvalue weighted by Gasteiger charge is -2.05. The SMILES string of the molecule is CCCCCNC(=O)c1cc(Cl)nc(Cl)c1. The Morgan fingerprint density at radius 2 is 1.94 bits per heavy atom. The lowest BCUT2D eigenvalue weighted by molar-refractivity contribution is 0.0953. The van der Waals surface area contributed by atoms with Crippen LogP contribution in [-0.4, -0.2) is 17.4 Å². The van der Waals surface area contributed by atoms with Crippen LogP contribution < -0.4 is 5.32 Å². The van der Waals surface area contributed by atoms with Crippen molar-refractivity contribution in [2.75, 3.05) is 6.54 Å². The normalized spacial score (nSPS) is 10.2. The lowest BCUT2D eigenvalue weighted by Crippen LogP contribution is -2.24. The second kappa shape index (κ2) is 6.71. The third-order valence-electron chi connectivity index (χ3n) is 2.09. The molecule has 0 saturated heterocycles. The van der Waals surface area contributed by atoms with E-state index in [1.807, 2.05) is 0 Å². The molecule has 0 aliphatic heterocycles. The van der Waals surface area contributed by atoms with Gasteiger partial charge in [0.25, 0.3) is 5.91 Å². The van der Waals surface area contributed by atoms with Crippen molar-refractivity contribution in [3.63, 3.8) is 0 Å². The van der Waals surface area contributed by atoms with Gasteiger partial charge in [-0.25, -0.2) is 4.98 Å². The summed E-state index contributed by atoms with van der Waals surface area (Å²) < 4.78 is 0. The molecule has 1 rings (SSSR count). The second-order valence-corrected chi connectivity index (χ2v) is 4.24. The number of hydrogen-bond donors (Lipinski definition) is 1. The van der Waals surface area contributed by atoms with Crippen LogP contribution in [0, 0.1) is 0 Å². The fourth-order valence-electron chi connectivity index (χ4n) is 1.27. The Morgan fingerprint density at radius 3 is 2.50 bits per heavy atom. The van der Waals surface area contributed by atoms with Crippen LogP contribution >= 0.6 is 23.2 Å². The number of pyridine rings is 1. The van der Waals surface area contributed by atoms with Gasteiger partial charge in [-0.05, 0) is 18.6 Å². The van der Waals surface area contributed by atoms with Gasteiger partial charge in [0.2, 0.25) is 0 Å². The van der Waals surface area contributed by atoms with Crippen molar-refractivity contribution < 1.29 is 4.79 Å². The van der Waals surface area contributed by atoms with Crippen molar-refractivity contribution in [1.29, 1.82) is 0 Å². The van der Waals surface area contributed by atoms with E-state index in [9.17, 15) is 4.79 Å². The van der Waals surface area contributed by atoms with Crippen LogP contribution in [0.1, 0.15) is 36.5 Å². The quantitative estimate of drug-likeness (QED) is 0.652. The van der Waals surface area contributed by atoms with E-state index < -0.39 is 0 Å². The maximum Gasteiger partial charge on any atom is 0.251 e. The first-order valence-corrected chi connectivity index (χ1v) is 6.00. The number of unbranched alkanes of at least 4 members (excludes halogenated alkanes) is 2. The van der Waals surface area contributed by atoms with Crippen LogP contribution in [0.15, 0.2) is 12.1 Å². The number of nitrogens with zero attached hydrogens (tertiary/aromatic N) is 1. The summed E-state index contributed by atoms with van der Waals surface area (Å²) in [5.41, 5.74) is 0.446. The highest BCUT2D eigenvalue weighted by atomic mass is 35.5. The van der Waals surface area contributed by atoms with E-state index in [0.717, 1.165) is 19.3 Å². The lowest BCUT2D eigenvalue weighted by atomic mass is 10.2. The van der Waals surface area contributed by atoms with Gasteiger partial charge < -0.3 is 5.32 Å². The van der Waals surface area contributed by atoms with Crippen molar-refractivity contribution in [3.05, 3.63) is 28.0 Å². The molecule has 0 radical (unpaired) electrons. The minimum Gasteiger partial charge on any atom is -0.352 e. The molecular weight excluding hydrogens is 247 g/mol. The van der Waals surface area contributed by atoms with Gasteiger partial charge in [-0.1, -0.05) is 43.0 Å². The topological polar surface area (TPSA) is 42.0 Å². The van der Waals surface area contributed by atoms with E-state index in [2.05, 4.69) is 17.2 Å². The number of rotatable bonds is 5. The number of aromatic nitrogens is 1. The smallest absolute Gasteiger partial charge is 0.251 e. The van der Waals surface area contributed by atoms with Gasteiger partial charge in [0.15, 0.2) is 0 Å². The fourth-order valence-corrected chi connectivity index (χ4v) is 1.74. The Kier molecular flexibility index (Phi) is 5.56. The van der Waals surface area contributed by atoms with Crippen molar-refractivity contribution >= 4 is 29.1 Å². The van der Waals surface area contributed by atoms with Crippen LogP contribution in [-0.2, 0) is 0 Å². The molecule has 1 heterocycles. The Labute approximate surface area is 105 Å². The summed E-state index contributed by atoms with van der Waals surface area (Å²) in [4.78, 5) is 15.4. The highest BCUT2D eigenvalue weighted by molar-refractivity contribution is 6.33. The number of halogens is 2. The molecule has 0 aromatic carbocycles. The summed E-state index contributed by atoms with van der Waals surface area (Å²) in [7, 11) is 0. The number of carbonyl (C=O) groups is 1. The van der Waals surface area contributed by atoms with E-state index in [-0.39, 0.29) is 16.2 Å². The molecular formula is C11H14Cl2N2O. The molecule has 0 fully saturated rings. The first-order valence-electron chi connectivity index (χ1n) is 5.24. The van der Waals surface area contributed by atoms with Crippen LogP contribution in [0.4, 0.5) is 0 Å². The highest BCUT2D eigenvalue weighted by Crippen LogP contribution is 2.14.